The molecule has 11 atom stereocenters. The van der Waals surface area contributed by atoms with Gasteiger partial charge in [-0.2, -0.15) is 0 Å². The number of aliphatic hydroxyl groups excluding tert-OH is 9. The van der Waals surface area contributed by atoms with Crippen LogP contribution >= 0.6 is 0 Å². The summed E-state index contributed by atoms with van der Waals surface area (Å²) in [4.78, 5) is 13.1. The van der Waals surface area contributed by atoms with Crippen molar-refractivity contribution in [2.75, 3.05) is 0 Å². The molecule has 46 heavy (non-hydrogen) atoms. The first kappa shape index (κ1) is 41.8. The summed E-state index contributed by atoms with van der Waals surface area (Å²) in [7, 11) is 0. The minimum Gasteiger partial charge on any atom is -0.459 e. The third-order valence-corrected chi connectivity index (χ3v) is 8.03. The molecular formula is C35H58O11. The van der Waals surface area contributed by atoms with Crippen LogP contribution in [0.2, 0.25) is 0 Å². The number of ether oxygens (including phenoxy) is 1. The van der Waals surface area contributed by atoms with Gasteiger partial charge in [0, 0.05) is 12.8 Å². The van der Waals surface area contributed by atoms with Crippen molar-refractivity contribution in [2.45, 2.75) is 146 Å². The van der Waals surface area contributed by atoms with Crippen molar-refractivity contribution in [3.8, 4) is 0 Å². The number of esters is 1. The van der Waals surface area contributed by atoms with Gasteiger partial charge in [0.2, 0.25) is 0 Å². The normalized spacial score (nSPS) is 38.6. The summed E-state index contributed by atoms with van der Waals surface area (Å²) in [5.74, 6) is -2.33. The second kappa shape index (κ2) is 23.2. The van der Waals surface area contributed by atoms with Gasteiger partial charge in [0.25, 0.3) is 0 Å². The van der Waals surface area contributed by atoms with E-state index in [1.807, 2.05) is 6.92 Å². The molecule has 1 rings (SSSR count). The van der Waals surface area contributed by atoms with Gasteiger partial charge in [-0.25, -0.2) is 0 Å². The molecule has 11 heteroatoms. The maximum absolute atomic E-state index is 13.1. The second-order valence-corrected chi connectivity index (χ2v) is 12.4. The largest absolute Gasteiger partial charge is 0.459 e. The van der Waals surface area contributed by atoms with Crippen LogP contribution in [0, 0.1) is 5.92 Å². The molecule has 11 nitrogen and oxygen atoms in total. The molecule has 0 radical (unpaired) electrons. The van der Waals surface area contributed by atoms with Crippen molar-refractivity contribution in [3.63, 3.8) is 0 Å². The maximum atomic E-state index is 13.1. The third-order valence-electron chi connectivity index (χ3n) is 8.03. The van der Waals surface area contributed by atoms with Crippen LogP contribution in [0.5, 0.6) is 0 Å². The molecule has 0 amide bonds. The van der Waals surface area contributed by atoms with E-state index in [1.165, 1.54) is 13.0 Å². The molecule has 0 spiro atoms. The summed E-state index contributed by atoms with van der Waals surface area (Å²) < 4.78 is 5.42. The van der Waals surface area contributed by atoms with Crippen LogP contribution in [0.25, 0.3) is 0 Å². The molecule has 0 aromatic rings. The van der Waals surface area contributed by atoms with Crippen molar-refractivity contribution in [1.29, 1.82) is 0 Å². The van der Waals surface area contributed by atoms with Crippen LogP contribution in [0.15, 0.2) is 60.3 Å². The number of hydrogen-bond acceptors (Lipinski definition) is 11. The Labute approximate surface area is 273 Å². The van der Waals surface area contributed by atoms with E-state index in [4.69, 9.17) is 4.74 Å². The van der Waals surface area contributed by atoms with Crippen molar-refractivity contribution >= 4 is 5.97 Å². The zero-order chi connectivity index (χ0) is 34.6. The summed E-state index contributed by atoms with van der Waals surface area (Å²) in [5.41, 5.74) is 0.609. The molecule has 1 aliphatic heterocycles. The van der Waals surface area contributed by atoms with Gasteiger partial charge < -0.3 is 50.7 Å². The number of rotatable bonds is 5. The van der Waals surface area contributed by atoms with Crippen LogP contribution in [-0.2, 0) is 9.53 Å². The van der Waals surface area contributed by atoms with E-state index in [0.29, 0.717) is 12.0 Å². The van der Waals surface area contributed by atoms with E-state index in [1.54, 1.807) is 55.5 Å². The Bertz CT molecular complexity index is 991. The maximum Gasteiger partial charge on any atom is 0.314 e. The number of aliphatic hydroxyl groups is 9. The Kier molecular flexibility index (Phi) is 21.1. The molecule has 1 aliphatic rings. The van der Waals surface area contributed by atoms with Crippen molar-refractivity contribution in [1.82, 2.24) is 0 Å². The van der Waals surface area contributed by atoms with Crippen LogP contribution in [-0.4, -0.2) is 113 Å². The molecule has 1 heterocycles. The average Bonchev–Trinajstić information content (AvgIpc) is 2.94. The summed E-state index contributed by atoms with van der Waals surface area (Å²) in [6, 6.07) is 0. The average molecular weight is 655 g/mol. The summed E-state index contributed by atoms with van der Waals surface area (Å²) in [6.45, 7) is 5.18. The Morgan fingerprint density at radius 3 is 1.74 bits per heavy atom. The Hall–Kier alpha value is -2.19. The molecule has 9 N–H and O–H groups in total. The van der Waals surface area contributed by atoms with Crippen LogP contribution in [0.4, 0.5) is 0 Å². The molecular weight excluding hydrogens is 596 g/mol. The standard InChI is InChI=1S/C35H58O11/c1-4-5-11-16-31(42)34-33(44)22-29(40)20-27(38)18-25(36)17-26(37)19-28(39)21-32(43)23(2)14-12-9-7-6-8-10-13-15-30(41)24(3)46-35(34)45/h6-10,12-15,24-34,36-44H,4-5,11,16-22H2,1-3H3/b7-6+,10-8+,12-9+,15-13+,23-14-/t24-,25+,26-,27+,28-,29-,30-,31+,32-,33-,34+/m1/s1. The van der Waals surface area contributed by atoms with E-state index < -0.39 is 72.9 Å². The Balaban J connectivity index is 3.14. The molecule has 0 saturated heterocycles. The second-order valence-electron chi connectivity index (χ2n) is 12.4. The number of hydrogen-bond donors (Lipinski definition) is 9. The first-order chi connectivity index (χ1) is 21.7. The van der Waals surface area contributed by atoms with Crippen molar-refractivity contribution in [3.05, 3.63) is 60.3 Å². The van der Waals surface area contributed by atoms with Gasteiger partial charge in [0.1, 0.15) is 18.1 Å². The fraction of sp³-hybridized carbons (Fsp3) is 0.686. The number of carbonyl (C=O) groups is 1. The summed E-state index contributed by atoms with van der Waals surface area (Å²) in [5, 5.41) is 94.8. The highest BCUT2D eigenvalue weighted by molar-refractivity contribution is 5.74. The highest BCUT2D eigenvalue weighted by Gasteiger charge is 2.37. The molecule has 0 fully saturated rings. The monoisotopic (exact) mass is 654 g/mol. The fourth-order valence-electron chi connectivity index (χ4n) is 5.27. The zero-order valence-electron chi connectivity index (χ0n) is 27.5. The quantitative estimate of drug-likeness (QED) is 0.154. The van der Waals surface area contributed by atoms with Crippen LogP contribution < -0.4 is 0 Å². The zero-order valence-corrected chi connectivity index (χ0v) is 27.5. The lowest BCUT2D eigenvalue weighted by atomic mass is 9.87. The predicted molar refractivity (Wildman–Crippen MR) is 175 cm³/mol. The number of allylic oxidation sites excluding steroid dienone is 8. The van der Waals surface area contributed by atoms with Crippen molar-refractivity contribution in [2.24, 2.45) is 5.92 Å². The Morgan fingerprint density at radius 2 is 1.20 bits per heavy atom. The predicted octanol–water partition coefficient (Wildman–Crippen LogP) is 1.89. The van der Waals surface area contributed by atoms with Crippen LogP contribution in [0.1, 0.15) is 85.0 Å². The topological polar surface area (TPSA) is 208 Å². The van der Waals surface area contributed by atoms with Gasteiger partial charge in [-0.3, -0.25) is 4.79 Å². The summed E-state index contributed by atoms with van der Waals surface area (Å²) in [6.07, 6.45) is 4.69. The SMILES string of the molecule is CCCCC[C@H](O)[C@@H]1C(=O)O[C@H](C)[C@H](O)/C=C/C=C/C=C/C=C/C=C(/C)[C@H](O)C[C@H](O)C[C@H](O)C[C@H](O)C[C@H](O)C[C@@H](O)C[C@H]1O. The van der Waals surface area contributed by atoms with E-state index >= 15 is 0 Å². The molecule has 0 aromatic heterocycles. The highest BCUT2D eigenvalue weighted by atomic mass is 16.6. The van der Waals surface area contributed by atoms with E-state index in [0.717, 1.165) is 12.8 Å². The molecule has 0 bridgehead atoms. The van der Waals surface area contributed by atoms with Crippen molar-refractivity contribution < 1.29 is 55.5 Å². The molecule has 0 aliphatic carbocycles. The highest BCUT2D eigenvalue weighted by Crippen LogP contribution is 2.24. The van der Waals surface area contributed by atoms with Gasteiger partial charge in [-0.1, -0.05) is 80.9 Å². The number of cyclic esters (lactones) is 1. The van der Waals surface area contributed by atoms with Gasteiger partial charge in [-0.05, 0) is 51.5 Å². The van der Waals surface area contributed by atoms with E-state index in [2.05, 4.69) is 0 Å². The smallest absolute Gasteiger partial charge is 0.314 e. The molecule has 0 saturated carbocycles. The first-order valence-corrected chi connectivity index (χ1v) is 16.4. The lowest BCUT2D eigenvalue weighted by Gasteiger charge is -2.29. The van der Waals surface area contributed by atoms with Gasteiger partial charge in [0.15, 0.2) is 0 Å². The number of unbranched alkanes of at least 4 members (excludes halogenated alkanes) is 2. The van der Waals surface area contributed by atoms with Gasteiger partial charge in [-0.15, -0.1) is 0 Å². The molecule has 264 valence electrons. The van der Waals surface area contributed by atoms with E-state index in [9.17, 15) is 50.8 Å². The van der Waals surface area contributed by atoms with Gasteiger partial charge in [0.05, 0.1) is 48.8 Å². The molecule has 0 unspecified atom stereocenters. The molecule has 0 aromatic carbocycles. The first-order valence-electron chi connectivity index (χ1n) is 16.4. The van der Waals surface area contributed by atoms with Gasteiger partial charge >= 0.3 is 5.97 Å². The van der Waals surface area contributed by atoms with E-state index in [-0.39, 0.29) is 44.9 Å². The summed E-state index contributed by atoms with van der Waals surface area (Å²) >= 11 is 0. The fourth-order valence-corrected chi connectivity index (χ4v) is 5.27. The minimum atomic E-state index is -1.52. The number of carbonyl (C=O) groups excluding carboxylic acids is 1. The lowest BCUT2D eigenvalue weighted by Crippen LogP contribution is -2.43. The third kappa shape index (κ3) is 17.7. The van der Waals surface area contributed by atoms with Crippen LogP contribution in [0.3, 0.4) is 0 Å². The lowest BCUT2D eigenvalue weighted by molar-refractivity contribution is -0.168. The minimum absolute atomic E-state index is 0.0162. The Morgan fingerprint density at radius 1 is 0.717 bits per heavy atom.